The minimum absolute atomic E-state index is 0.0260. The molecule has 0 bridgehead atoms. The summed E-state index contributed by atoms with van der Waals surface area (Å²) in [7, 11) is 0. The maximum atomic E-state index is 12.1. The van der Waals surface area contributed by atoms with Crippen molar-refractivity contribution < 1.29 is 14.7 Å². The van der Waals surface area contributed by atoms with Gasteiger partial charge in [-0.25, -0.2) is 4.79 Å². The van der Waals surface area contributed by atoms with Gasteiger partial charge in [-0.1, -0.05) is 34.8 Å². The predicted octanol–water partition coefficient (Wildman–Crippen LogP) is 4.60. The van der Waals surface area contributed by atoms with Gasteiger partial charge in [-0.15, -0.1) is 0 Å². The van der Waals surface area contributed by atoms with Crippen molar-refractivity contribution in [3.8, 4) is 0 Å². The second-order valence-electron chi connectivity index (χ2n) is 4.15. The van der Waals surface area contributed by atoms with E-state index in [4.69, 9.17) is 39.9 Å². The monoisotopic (exact) mass is 343 g/mol. The van der Waals surface area contributed by atoms with E-state index in [0.29, 0.717) is 10.0 Å². The van der Waals surface area contributed by atoms with Crippen LogP contribution in [0.1, 0.15) is 20.7 Å². The number of carbonyl (C=O) groups excluding carboxylic acids is 1. The zero-order chi connectivity index (χ0) is 15.6. The third kappa shape index (κ3) is 4.11. The van der Waals surface area contributed by atoms with Gasteiger partial charge in [0, 0.05) is 26.3 Å². The molecular formula is C14H8Cl3NO3. The molecule has 0 unspecified atom stereocenters. The second-order valence-corrected chi connectivity index (χ2v) is 5.46. The molecule has 108 valence electrons. The molecule has 0 radical (unpaired) electrons. The molecule has 2 aromatic rings. The first-order chi connectivity index (χ1) is 9.85. The lowest BCUT2D eigenvalue weighted by molar-refractivity contribution is 0.0696. The minimum Gasteiger partial charge on any atom is -0.478 e. The third-order valence-electron chi connectivity index (χ3n) is 2.53. The normalized spacial score (nSPS) is 10.2. The molecule has 0 atom stereocenters. The van der Waals surface area contributed by atoms with E-state index in [2.05, 4.69) is 5.32 Å². The number of carbonyl (C=O) groups is 2. The minimum atomic E-state index is -1.14. The molecule has 7 heteroatoms. The molecule has 0 aliphatic heterocycles. The first kappa shape index (κ1) is 15.6. The Kier molecular flexibility index (Phi) is 4.73. The van der Waals surface area contributed by atoms with Crippen molar-refractivity contribution in [3.63, 3.8) is 0 Å². The van der Waals surface area contributed by atoms with Gasteiger partial charge in [0.05, 0.1) is 5.56 Å². The quantitative estimate of drug-likeness (QED) is 0.855. The highest BCUT2D eigenvalue weighted by atomic mass is 35.5. The van der Waals surface area contributed by atoms with E-state index in [1.54, 1.807) is 0 Å². The van der Waals surface area contributed by atoms with Gasteiger partial charge in [-0.05, 0) is 36.4 Å². The molecule has 0 fully saturated rings. The van der Waals surface area contributed by atoms with Crippen molar-refractivity contribution in [2.24, 2.45) is 0 Å². The third-order valence-corrected chi connectivity index (χ3v) is 3.18. The molecule has 0 aliphatic rings. The Morgan fingerprint density at radius 1 is 0.810 bits per heavy atom. The lowest BCUT2D eigenvalue weighted by Crippen LogP contribution is -2.12. The standard InChI is InChI=1S/C14H8Cl3NO3/c15-9-1-7(2-10(16)5-9)13(19)18-12-4-8(14(20)21)3-11(17)6-12/h1-6H,(H,18,19)(H,20,21). The number of hydrogen-bond acceptors (Lipinski definition) is 2. The first-order valence-corrected chi connectivity index (χ1v) is 6.80. The van der Waals surface area contributed by atoms with Crippen LogP contribution in [-0.2, 0) is 0 Å². The molecule has 1 amide bonds. The van der Waals surface area contributed by atoms with Crippen molar-refractivity contribution in [2.75, 3.05) is 5.32 Å². The van der Waals surface area contributed by atoms with E-state index >= 15 is 0 Å². The van der Waals surface area contributed by atoms with Crippen LogP contribution in [-0.4, -0.2) is 17.0 Å². The molecule has 2 aromatic carbocycles. The Balaban J connectivity index is 2.29. The van der Waals surface area contributed by atoms with Crippen molar-refractivity contribution in [1.82, 2.24) is 0 Å². The SMILES string of the molecule is O=C(O)c1cc(Cl)cc(NC(=O)c2cc(Cl)cc(Cl)c2)c1. The molecule has 0 saturated heterocycles. The summed E-state index contributed by atoms with van der Waals surface area (Å²) < 4.78 is 0. The molecule has 0 aromatic heterocycles. The fourth-order valence-electron chi connectivity index (χ4n) is 1.67. The zero-order valence-corrected chi connectivity index (χ0v) is 12.6. The lowest BCUT2D eigenvalue weighted by Gasteiger charge is -2.08. The number of benzene rings is 2. The van der Waals surface area contributed by atoms with E-state index < -0.39 is 11.9 Å². The van der Waals surface area contributed by atoms with Crippen molar-refractivity contribution in [1.29, 1.82) is 0 Å². The highest BCUT2D eigenvalue weighted by molar-refractivity contribution is 6.35. The van der Waals surface area contributed by atoms with Crippen molar-refractivity contribution >= 4 is 52.4 Å². The number of aromatic carboxylic acids is 1. The number of rotatable bonds is 3. The van der Waals surface area contributed by atoms with Gasteiger partial charge in [0.1, 0.15) is 0 Å². The van der Waals surface area contributed by atoms with E-state index in [1.165, 1.54) is 36.4 Å². The van der Waals surface area contributed by atoms with Crippen LogP contribution in [0.25, 0.3) is 0 Å². The summed E-state index contributed by atoms with van der Waals surface area (Å²) in [6.45, 7) is 0. The van der Waals surface area contributed by atoms with Crippen LogP contribution < -0.4 is 5.32 Å². The van der Waals surface area contributed by atoms with E-state index in [9.17, 15) is 9.59 Å². The first-order valence-electron chi connectivity index (χ1n) is 5.66. The summed E-state index contributed by atoms with van der Waals surface area (Å²) in [5.74, 6) is -1.61. The van der Waals surface area contributed by atoms with Gasteiger partial charge < -0.3 is 10.4 Å². The van der Waals surface area contributed by atoms with Crippen LogP contribution >= 0.6 is 34.8 Å². The number of nitrogens with one attached hydrogen (secondary N) is 1. The largest absolute Gasteiger partial charge is 0.478 e. The molecule has 2 rings (SSSR count). The number of carboxylic acid groups (broad SMARTS) is 1. The fraction of sp³-hybridized carbons (Fsp3) is 0. The summed E-state index contributed by atoms with van der Waals surface area (Å²) in [6.07, 6.45) is 0. The van der Waals surface area contributed by atoms with Crippen LogP contribution in [0.3, 0.4) is 0 Å². The number of anilines is 1. The van der Waals surface area contributed by atoms with E-state index in [-0.39, 0.29) is 21.8 Å². The molecule has 0 spiro atoms. The Bertz CT molecular complexity index is 711. The summed E-state index contributed by atoms with van der Waals surface area (Å²) in [6, 6.07) is 8.44. The number of halogens is 3. The van der Waals surface area contributed by atoms with Crippen molar-refractivity contribution in [2.45, 2.75) is 0 Å². The van der Waals surface area contributed by atoms with E-state index in [1.807, 2.05) is 0 Å². The summed E-state index contributed by atoms with van der Waals surface area (Å²) in [4.78, 5) is 23.0. The van der Waals surface area contributed by atoms with Gasteiger partial charge in [0.25, 0.3) is 5.91 Å². The molecule has 4 nitrogen and oxygen atoms in total. The molecular weight excluding hydrogens is 337 g/mol. The Morgan fingerprint density at radius 2 is 1.33 bits per heavy atom. The second kappa shape index (κ2) is 6.35. The number of amides is 1. The van der Waals surface area contributed by atoms with Crippen LogP contribution in [0.2, 0.25) is 15.1 Å². The molecule has 2 N–H and O–H groups in total. The molecule has 0 aliphatic carbocycles. The Hall–Kier alpha value is -1.75. The van der Waals surface area contributed by atoms with Gasteiger partial charge in [-0.3, -0.25) is 4.79 Å². The molecule has 0 heterocycles. The number of carboxylic acids is 1. The summed E-state index contributed by atoms with van der Waals surface area (Å²) in [5, 5.41) is 12.3. The van der Waals surface area contributed by atoms with Crippen LogP contribution in [0, 0.1) is 0 Å². The summed E-state index contributed by atoms with van der Waals surface area (Å²) >= 11 is 17.5. The zero-order valence-electron chi connectivity index (χ0n) is 10.4. The maximum absolute atomic E-state index is 12.1. The Morgan fingerprint density at radius 3 is 1.90 bits per heavy atom. The highest BCUT2D eigenvalue weighted by Gasteiger charge is 2.11. The molecule has 0 saturated carbocycles. The average Bonchev–Trinajstić information content (AvgIpc) is 2.36. The number of hydrogen-bond donors (Lipinski definition) is 2. The lowest BCUT2D eigenvalue weighted by atomic mass is 10.1. The topological polar surface area (TPSA) is 66.4 Å². The van der Waals surface area contributed by atoms with Crippen LogP contribution in [0.15, 0.2) is 36.4 Å². The summed E-state index contributed by atoms with van der Waals surface area (Å²) in [5.41, 5.74) is 0.493. The van der Waals surface area contributed by atoms with Gasteiger partial charge >= 0.3 is 5.97 Å². The average molecular weight is 345 g/mol. The van der Waals surface area contributed by atoms with Crippen LogP contribution in [0.4, 0.5) is 5.69 Å². The maximum Gasteiger partial charge on any atom is 0.335 e. The van der Waals surface area contributed by atoms with Crippen molar-refractivity contribution in [3.05, 3.63) is 62.6 Å². The van der Waals surface area contributed by atoms with E-state index in [0.717, 1.165) is 0 Å². The smallest absolute Gasteiger partial charge is 0.335 e. The van der Waals surface area contributed by atoms with Gasteiger partial charge in [-0.2, -0.15) is 0 Å². The fourth-order valence-corrected chi connectivity index (χ4v) is 2.43. The molecule has 21 heavy (non-hydrogen) atoms. The highest BCUT2D eigenvalue weighted by Crippen LogP contribution is 2.22. The van der Waals surface area contributed by atoms with Crippen LogP contribution in [0.5, 0.6) is 0 Å². The Labute approximate surface area is 135 Å². The predicted molar refractivity (Wildman–Crippen MR) is 82.8 cm³/mol. The van der Waals surface area contributed by atoms with Gasteiger partial charge in [0.15, 0.2) is 0 Å². The van der Waals surface area contributed by atoms with Gasteiger partial charge in [0.2, 0.25) is 0 Å².